The molecule has 3 atom stereocenters. The summed E-state index contributed by atoms with van der Waals surface area (Å²) in [6.07, 6.45) is 0.427. The van der Waals surface area contributed by atoms with Crippen molar-refractivity contribution in [1.29, 1.82) is 10.5 Å². The zero-order valence-electron chi connectivity index (χ0n) is 13.7. The Morgan fingerprint density at radius 3 is 2.17 bits per heavy atom. The molecule has 3 rings (SSSR count). The lowest BCUT2D eigenvalue weighted by atomic mass is 9.80. The number of hydrogen-bond donors (Lipinski definition) is 2. The van der Waals surface area contributed by atoms with E-state index in [1.807, 2.05) is 6.92 Å². The van der Waals surface area contributed by atoms with Crippen LogP contribution in [0.15, 0.2) is 24.3 Å². The van der Waals surface area contributed by atoms with Gasteiger partial charge in [-0.3, -0.25) is 5.73 Å². The summed E-state index contributed by atoms with van der Waals surface area (Å²) >= 11 is 0. The molecule has 1 fully saturated rings. The van der Waals surface area contributed by atoms with Crippen LogP contribution in [-0.2, 0) is 14.9 Å². The van der Waals surface area contributed by atoms with Crippen molar-refractivity contribution in [2.24, 2.45) is 16.6 Å². The van der Waals surface area contributed by atoms with E-state index in [-0.39, 0.29) is 5.84 Å². The molecule has 1 aromatic carbocycles. The second-order valence-corrected chi connectivity index (χ2v) is 6.05. The molecule has 3 N–H and O–H groups in total. The van der Waals surface area contributed by atoms with E-state index in [1.54, 1.807) is 12.1 Å². The Kier molecular flexibility index (Phi) is 3.25. The lowest BCUT2D eigenvalue weighted by Crippen LogP contribution is -2.91. The van der Waals surface area contributed by atoms with E-state index in [4.69, 9.17) is 15.2 Å². The van der Waals surface area contributed by atoms with Gasteiger partial charge in [0.25, 0.3) is 5.84 Å². The number of nitrogens with two attached hydrogens (primary N) is 1. The first-order chi connectivity index (χ1) is 11.4. The minimum absolute atomic E-state index is 0.126. The number of halogens is 1. The van der Waals surface area contributed by atoms with Crippen molar-refractivity contribution in [3.8, 4) is 12.1 Å². The summed E-state index contributed by atoms with van der Waals surface area (Å²) in [6.45, 7) is 1.86. The Balaban J connectivity index is 2.38. The van der Waals surface area contributed by atoms with Gasteiger partial charge in [0.15, 0.2) is 10.8 Å². The Bertz CT molecular complexity index is 805. The fourth-order valence-electron chi connectivity index (χ4n) is 4.84. The number of nitriles is 2. The van der Waals surface area contributed by atoms with Gasteiger partial charge in [-0.25, -0.2) is 9.38 Å². The molecule has 0 aromatic heterocycles. The zero-order chi connectivity index (χ0) is 17.8. The third kappa shape index (κ3) is 1.24. The molecule has 124 valence electrons. The molecule has 1 saturated carbocycles. The number of methoxy groups -OCH3 is 2. The van der Waals surface area contributed by atoms with Crippen LogP contribution in [0.3, 0.4) is 0 Å². The summed E-state index contributed by atoms with van der Waals surface area (Å²) < 4.78 is 24.4. The molecule has 24 heavy (non-hydrogen) atoms. The fraction of sp³-hybridized carbons (Fsp3) is 0.471. The topological polar surface area (TPSA) is 106 Å². The number of benzene rings is 1. The van der Waals surface area contributed by atoms with Crippen molar-refractivity contribution in [3.05, 3.63) is 35.6 Å². The Hall–Kier alpha value is -2.48. The molecule has 1 heterocycles. The second-order valence-electron chi connectivity index (χ2n) is 6.05. The van der Waals surface area contributed by atoms with Crippen molar-refractivity contribution in [2.45, 2.75) is 24.7 Å². The largest absolute Gasteiger partial charge is 0.343 e. The number of ether oxygens (including phenoxy) is 2. The van der Waals surface area contributed by atoms with E-state index >= 15 is 0 Å². The van der Waals surface area contributed by atoms with Gasteiger partial charge in [-0.1, -0.05) is 19.1 Å². The third-order valence-electron chi connectivity index (χ3n) is 5.75. The Morgan fingerprint density at radius 2 is 1.75 bits per heavy atom. The average Bonchev–Trinajstić information content (AvgIpc) is 3.10. The summed E-state index contributed by atoms with van der Waals surface area (Å²) in [7, 11) is 2.78. The zero-order valence-corrected chi connectivity index (χ0v) is 13.7. The van der Waals surface area contributed by atoms with E-state index in [0.717, 1.165) is 0 Å². The van der Waals surface area contributed by atoms with E-state index in [9.17, 15) is 14.9 Å². The van der Waals surface area contributed by atoms with Gasteiger partial charge in [0.05, 0.1) is 17.6 Å². The van der Waals surface area contributed by atoms with E-state index in [2.05, 4.69) is 17.1 Å². The van der Waals surface area contributed by atoms with Crippen molar-refractivity contribution in [1.82, 2.24) is 0 Å². The molecule has 6 nitrogen and oxygen atoms in total. The van der Waals surface area contributed by atoms with Gasteiger partial charge in [0, 0.05) is 14.2 Å². The number of nitrogens with one attached hydrogen (secondary N) is 1. The van der Waals surface area contributed by atoms with Crippen LogP contribution in [0.2, 0.25) is 0 Å². The highest BCUT2D eigenvalue weighted by Crippen LogP contribution is 2.83. The summed E-state index contributed by atoms with van der Waals surface area (Å²) in [4.78, 5) is 2.85. The predicted molar refractivity (Wildman–Crippen MR) is 81.4 cm³/mol. The van der Waals surface area contributed by atoms with Crippen molar-refractivity contribution in [3.63, 3.8) is 0 Å². The van der Waals surface area contributed by atoms with Crippen LogP contribution in [-0.4, -0.2) is 26.0 Å². The smallest absolute Gasteiger partial charge is 0.317 e. The van der Waals surface area contributed by atoms with Gasteiger partial charge in [0.1, 0.15) is 5.82 Å². The average molecular weight is 329 g/mol. The molecule has 0 unspecified atom stereocenters. The summed E-state index contributed by atoms with van der Waals surface area (Å²) in [5, 5.41) is 20.1. The summed E-state index contributed by atoms with van der Waals surface area (Å²) in [6, 6.07) is 10.3. The minimum Gasteiger partial charge on any atom is -0.317 e. The van der Waals surface area contributed by atoms with Gasteiger partial charge < -0.3 is 9.47 Å². The molecule has 0 bridgehead atoms. The number of nitrogens with zero attached hydrogens (tertiary/aromatic N) is 2. The first-order valence-electron chi connectivity index (χ1n) is 7.53. The van der Waals surface area contributed by atoms with Crippen LogP contribution in [0.5, 0.6) is 0 Å². The summed E-state index contributed by atoms with van der Waals surface area (Å²) in [5.41, 5.74) is 3.11. The highest BCUT2D eigenvalue weighted by Gasteiger charge is 3.03. The first-order valence-corrected chi connectivity index (χ1v) is 7.53. The minimum atomic E-state index is -1.56. The monoisotopic (exact) mass is 329 g/mol. The molecular formula is C17H18FN4O2+. The first kappa shape index (κ1) is 16.4. The molecule has 1 aliphatic carbocycles. The molecule has 2 aliphatic rings. The number of fused-ring (bicyclic) bond motifs is 1. The Morgan fingerprint density at radius 1 is 1.17 bits per heavy atom. The second kappa shape index (κ2) is 4.76. The number of rotatable bonds is 4. The molecule has 0 saturated heterocycles. The van der Waals surface area contributed by atoms with E-state index < -0.39 is 28.0 Å². The van der Waals surface area contributed by atoms with Crippen LogP contribution in [0.1, 0.15) is 18.9 Å². The maximum Gasteiger partial charge on any atom is 0.343 e. The molecule has 7 heteroatoms. The molecule has 0 spiro atoms. The van der Waals surface area contributed by atoms with Crippen LogP contribution in [0.25, 0.3) is 0 Å². The van der Waals surface area contributed by atoms with E-state index in [0.29, 0.717) is 12.0 Å². The van der Waals surface area contributed by atoms with Gasteiger partial charge in [-0.05, 0) is 24.1 Å². The maximum absolute atomic E-state index is 13.4. The third-order valence-corrected chi connectivity index (χ3v) is 5.75. The van der Waals surface area contributed by atoms with Crippen LogP contribution in [0.4, 0.5) is 4.39 Å². The lowest BCUT2D eigenvalue weighted by molar-refractivity contribution is -0.689. The standard InChI is InChI=1S/C17H17FN4O2/c1-4-14(11-5-7-12(18)8-6-11)15(9-19)13(21)22-17(23-2,24-3)16(14,15)10-20/h5-8H,4H2,1-3H3,(H2,21,22)/p+1/t14-,15+,16-/m1/s1. The van der Waals surface area contributed by atoms with Crippen molar-refractivity contribution >= 4 is 5.84 Å². The van der Waals surface area contributed by atoms with Crippen LogP contribution >= 0.6 is 0 Å². The van der Waals surface area contributed by atoms with E-state index in [1.165, 1.54) is 26.4 Å². The van der Waals surface area contributed by atoms with Crippen molar-refractivity contribution in [2.75, 3.05) is 14.2 Å². The number of hydrogen-bond acceptors (Lipinski definition) is 5. The molecule has 0 amide bonds. The highest BCUT2D eigenvalue weighted by atomic mass is 19.1. The maximum atomic E-state index is 13.4. The normalized spacial score (nSPS) is 35.5. The highest BCUT2D eigenvalue weighted by molar-refractivity contribution is 5.97. The molecule has 1 aliphatic heterocycles. The van der Waals surface area contributed by atoms with Crippen molar-refractivity contribution < 1.29 is 18.9 Å². The predicted octanol–water partition coefficient (Wildman–Crippen LogP) is -0.0949. The molecule has 0 radical (unpaired) electrons. The molecular weight excluding hydrogens is 311 g/mol. The lowest BCUT2D eigenvalue weighted by Gasteiger charge is -2.31. The fourth-order valence-corrected chi connectivity index (χ4v) is 4.84. The quantitative estimate of drug-likeness (QED) is 0.751. The van der Waals surface area contributed by atoms with Gasteiger partial charge in [-0.2, -0.15) is 10.5 Å². The van der Waals surface area contributed by atoms with Crippen LogP contribution in [0, 0.1) is 39.3 Å². The van der Waals surface area contributed by atoms with Gasteiger partial charge in [-0.15, -0.1) is 0 Å². The summed E-state index contributed by atoms with van der Waals surface area (Å²) in [5.74, 6) is -1.83. The Labute approximate surface area is 139 Å². The van der Waals surface area contributed by atoms with Gasteiger partial charge >= 0.3 is 5.91 Å². The number of amidine groups is 1. The SMILES string of the molecule is CC[C@@]1(c2ccc(F)cc2)[C@]2(C#N)C(N)=[NH+]C(OC)(OC)[C@@]21C#N. The molecule has 1 aromatic rings. The van der Waals surface area contributed by atoms with Crippen LogP contribution < -0.4 is 10.7 Å². The van der Waals surface area contributed by atoms with Gasteiger partial charge in [0.2, 0.25) is 0 Å².